The van der Waals surface area contributed by atoms with E-state index < -0.39 is 17.5 Å². The molecule has 2 rings (SSSR count). The van der Waals surface area contributed by atoms with Crippen molar-refractivity contribution in [1.29, 1.82) is 0 Å². The topological polar surface area (TPSA) is 15.3 Å². The van der Waals surface area contributed by atoms with Gasteiger partial charge in [-0.05, 0) is 24.6 Å². The summed E-state index contributed by atoms with van der Waals surface area (Å²) in [7, 11) is 0. The Balaban J connectivity index is 2.08. The number of nitrogens with zero attached hydrogens (tertiary/aromatic N) is 1. The first-order valence-electron chi connectivity index (χ1n) is 5.65. The first-order valence-corrected chi connectivity index (χ1v) is 5.65. The summed E-state index contributed by atoms with van der Waals surface area (Å²) in [6.07, 6.45) is 0. The van der Waals surface area contributed by atoms with Crippen molar-refractivity contribution in [2.24, 2.45) is 0 Å². The van der Waals surface area contributed by atoms with Crippen LogP contribution in [0.25, 0.3) is 0 Å². The van der Waals surface area contributed by atoms with Gasteiger partial charge in [0, 0.05) is 32.2 Å². The highest BCUT2D eigenvalue weighted by molar-refractivity contribution is 5.19. The normalized spacial score (nSPS) is 21.8. The summed E-state index contributed by atoms with van der Waals surface area (Å²) in [6.45, 7) is 5.00. The molecule has 1 saturated heterocycles. The Kier molecular flexibility index (Phi) is 3.69. The molecule has 17 heavy (non-hydrogen) atoms. The van der Waals surface area contributed by atoms with Crippen LogP contribution < -0.4 is 5.32 Å². The molecule has 0 saturated carbocycles. The van der Waals surface area contributed by atoms with E-state index in [1.54, 1.807) is 0 Å². The van der Waals surface area contributed by atoms with Gasteiger partial charge in [0.15, 0.2) is 17.5 Å². The van der Waals surface area contributed by atoms with Crippen LogP contribution in [0, 0.1) is 17.5 Å². The van der Waals surface area contributed by atoms with Crippen molar-refractivity contribution in [3.63, 3.8) is 0 Å². The first-order chi connectivity index (χ1) is 8.06. The predicted molar refractivity (Wildman–Crippen MR) is 59.1 cm³/mol. The molecule has 94 valence electrons. The molecule has 0 aliphatic carbocycles. The van der Waals surface area contributed by atoms with E-state index in [0.29, 0.717) is 18.2 Å². The highest BCUT2D eigenvalue weighted by Gasteiger charge is 2.17. The van der Waals surface area contributed by atoms with Crippen molar-refractivity contribution >= 4 is 0 Å². The summed E-state index contributed by atoms with van der Waals surface area (Å²) in [4.78, 5) is 2.09. The molecule has 0 radical (unpaired) electrons. The van der Waals surface area contributed by atoms with Gasteiger partial charge in [-0.2, -0.15) is 0 Å². The fourth-order valence-electron chi connectivity index (χ4n) is 2.11. The second-order valence-electron chi connectivity index (χ2n) is 4.46. The van der Waals surface area contributed by atoms with Gasteiger partial charge in [-0.1, -0.05) is 0 Å². The van der Waals surface area contributed by atoms with Crippen molar-refractivity contribution in [2.45, 2.75) is 19.5 Å². The lowest BCUT2D eigenvalue weighted by atomic mass is 10.1. The van der Waals surface area contributed by atoms with Crippen molar-refractivity contribution in [1.82, 2.24) is 10.2 Å². The van der Waals surface area contributed by atoms with Crippen LogP contribution in [-0.2, 0) is 6.54 Å². The summed E-state index contributed by atoms with van der Waals surface area (Å²) in [5.74, 6) is -3.64. The molecule has 0 spiro atoms. The molecule has 0 bridgehead atoms. The molecule has 1 atom stereocenters. The SMILES string of the molecule is C[C@@H]1CN(Cc2cc(F)c(F)c(F)c2)CCN1. The van der Waals surface area contributed by atoms with E-state index in [2.05, 4.69) is 17.1 Å². The Morgan fingerprint density at radius 2 is 1.94 bits per heavy atom. The van der Waals surface area contributed by atoms with Crippen LogP contribution in [0.1, 0.15) is 12.5 Å². The van der Waals surface area contributed by atoms with Crippen LogP contribution in [-0.4, -0.2) is 30.6 Å². The molecule has 1 fully saturated rings. The molecule has 5 heteroatoms. The minimum absolute atomic E-state index is 0.360. The van der Waals surface area contributed by atoms with Gasteiger partial charge in [-0.3, -0.25) is 4.90 Å². The summed E-state index contributed by atoms with van der Waals surface area (Å²) < 4.78 is 38.8. The Morgan fingerprint density at radius 1 is 1.29 bits per heavy atom. The van der Waals surface area contributed by atoms with E-state index in [1.165, 1.54) is 0 Å². The second kappa shape index (κ2) is 5.06. The predicted octanol–water partition coefficient (Wildman–Crippen LogP) is 1.90. The zero-order chi connectivity index (χ0) is 12.4. The maximum absolute atomic E-state index is 13.0. The van der Waals surface area contributed by atoms with Crippen molar-refractivity contribution in [2.75, 3.05) is 19.6 Å². The Hall–Kier alpha value is -1.07. The summed E-state index contributed by atoms with van der Waals surface area (Å²) >= 11 is 0. The van der Waals surface area contributed by atoms with Gasteiger partial charge in [-0.25, -0.2) is 13.2 Å². The zero-order valence-corrected chi connectivity index (χ0v) is 9.64. The fraction of sp³-hybridized carbons (Fsp3) is 0.500. The van der Waals surface area contributed by atoms with Gasteiger partial charge < -0.3 is 5.32 Å². The molecule has 0 unspecified atom stereocenters. The van der Waals surface area contributed by atoms with Gasteiger partial charge in [0.1, 0.15) is 0 Å². The van der Waals surface area contributed by atoms with Crippen molar-refractivity contribution in [3.8, 4) is 0 Å². The van der Waals surface area contributed by atoms with Crippen LogP contribution in [0.4, 0.5) is 13.2 Å². The third-order valence-corrected chi connectivity index (χ3v) is 2.90. The van der Waals surface area contributed by atoms with E-state index >= 15 is 0 Å². The minimum Gasteiger partial charge on any atom is -0.312 e. The van der Waals surface area contributed by atoms with Crippen LogP contribution in [0.5, 0.6) is 0 Å². The Morgan fingerprint density at radius 3 is 2.53 bits per heavy atom. The number of hydrogen-bond donors (Lipinski definition) is 1. The number of benzene rings is 1. The molecule has 0 amide bonds. The van der Waals surface area contributed by atoms with Crippen molar-refractivity contribution < 1.29 is 13.2 Å². The first kappa shape index (κ1) is 12.4. The minimum atomic E-state index is -1.40. The monoisotopic (exact) mass is 244 g/mol. The molecule has 1 aromatic rings. The third kappa shape index (κ3) is 2.98. The fourth-order valence-corrected chi connectivity index (χ4v) is 2.11. The highest BCUT2D eigenvalue weighted by atomic mass is 19.2. The molecular weight excluding hydrogens is 229 g/mol. The average Bonchev–Trinajstić information content (AvgIpc) is 2.26. The van der Waals surface area contributed by atoms with Gasteiger partial charge in [0.05, 0.1) is 0 Å². The quantitative estimate of drug-likeness (QED) is 0.799. The lowest BCUT2D eigenvalue weighted by molar-refractivity contribution is 0.199. The molecule has 2 nitrogen and oxygen atoms in total. The summed E-state index contributed by atoms with van der Waals surface area (Å²) in [5.41, 5.74) is 0.468. The van der Waals surface area contributed by atoms with E-state index in [1.807, 2.05) is 0 Å². The van der Waals surface area contributed by atoms with E-state index in [4.69, 9.17) is 0 Å². The maximum Gasteiger partial charge on any atom is 0.194 e. The van der Waals surface area contributed by atoms with Gasteiger partial charge >= 0.3 is 0 Å². The number of piperazine rings is 1. The molecule has 1 aliphatic heterocycles. The van der Waals surface area contributed by atoms with Crippen LogP contribution in [0.3, 0.4) is 0 Å². The van der Waals surface area contributed by atoms with Crippen LogP contribution in [0.2, 0.25) is 0 Å². The Bertz CT molecular complexity index is 386. The van der Waals surface area contributed by atoms with Crippen LogP contribution in [0.15, 0.2) is 12.1 Å². The highest BCUT2D eigenvalue weighted by Crippen LogP contribution is 2.15. The number of hydrogen-bond acceptors (Lipinski definition) is 2. The molecule has 0 aromatic heterocycles. The smallest absolute Gasteiger partial charge is 0.194 e. The van der Waals surface area contributed by atoms with Gasteiger partial charge in [0.2, 0.25) is 0 Å². The summed E-state index contributed by atoms with van der Waals surface area (Å²) in [5, 5.41) is 3.28. The third-order valence-electron chi connectivity index (χ3n) is 2.90. The van der Waals surface area contributed by atoms with Crippen LogP contribution >= 0.6 is 0 Å². The lowest BCUT2D eigenvalue weighted by Crippen LogP contribution is -2.48. The van der Waals surface area contributed by atoms with E-state index in [-0.39, 0.29) is 0 Å². The molecule has 1 N–H and O–H groups in total. The maximum atomic E-state index is 13.0. The summed E-state index contributed by atoms with van der Waals surface area (Å²) in [6, 6.07) is 2.48. The largest absolute Gasteiger partial charge is 0.312 e. The zero-order valence-electron chi connectivity index (χ0n) is 9.64. The van der Waals surface area contributed by atoms with E-state index in [9.17, 15) is 13.2 Å². The lowest BCUT2D eigenvalue weighted by Gasteiger charge is -2.31. The number of nitrogens with one attached hydrogen (secondary N) is 1. The van der Waals surface area contributed by atoms with E-state index in [0.717, 1.165) is 31.8 Å². The number of rotatable bonds is 2. The second-order valence-corrected chi connectivity index (χ2v) is 4.46. The molecule has 1 heterocycles. The number of halogens is 3. The average molecular weight is 244 g/mol. The van der Waals surface area contributed by atoms with Crippen molar-refractivity contribution in [3.05, 3.63) is 35.1 Å². The molecule has 1 aliphatic rings. The van der Waals surface area contributed by atoms with Gasteiger partial charge in [-0.15, -0.1) is 0 Å². The molecular formula is C12H15F3N2. The molecule has 1 aromatic carbocycles. The Labute approximate surface area is 98.4 Å². The standard InChI is InChI=1S/C12H15F3N2/c1-8-6-17(3-2-16-8)7-9-4-10(13)12(15)11(14)5-9/h4-5,8,16H,2-3,6-7H2,1H3/t8-/m1/s1. The van der Waals surface area contributed by atoms with Gasteiger partial charge in [0.25, 0.3) is 0 Å².